The van der Waals surface area contributed by atoms with Gasteiger partial charge in [-0.3, -0.25) is 9.59 Å². The number of carbonyl (C=O) groups excluding carboxylic acids is 2. The molecule has 6 nitrogen and oxygen atoms in total. The van der Waals surface area contributed by atoms with Gasteiger partial charge in [0.1, 0.15) is 0 Å². The molecule has 1 aromatic carbocycles. The Morgan fingerprint density at radius 2 is 1.52 bits per heavy atom. The number of rotatable bonds is 5. The first-order valence-electron chi connectivity index (χ1n) is 6.03. The number of carboxylic acid groups (broad SMARTS) is 1. The van der Waals surface area contributed by atoms with Gasteiger partial charge in [0.2, 0.25) is 0 Å². The average molecular weight is 288 g/mol. The molecular weight excluding hydrogens is 272 g/mol. The van der Waals surface area contributed by atoms with E-state index < -0.39 is 17.8 Å². The van der Waals surface area contributed by atoms with Crippen LogP contribution in [-0.4, -0.2) is 22.9 Å². The Morgan fingerprint density at radius 1 is 1.00 bits per heavy atom. The lowest BCUT2D eigenvalue weighted by Gasteiger charge is -2.11. The van der Waals surface area contributed by atoms with Crippen LogP contribution >= 0.6 is 0 Å². The van der Waals surface area contributed by atoms with E-state index >= 15 is 0 Å². The Labute approximate surface area is 122 Å². The van der Waals surface area contributed by atoms with Gasteiger partial charge in [0.25, 0.3) is 11.8 Å². The first kappa shape index (κ1) is 16.2. The molecule has 0 heterocycles. The van der Waals surface area contributed by atoms with Gasteiger partial charge in [-0.15, -0.1) is 0 Å². The van der Waals surface area contributed by atoms with Crippen LogP contribution < -0.4 is 10.6 Å². The van der Waals surface area contributed by atoms with E-state index in [0.717, 1.165) is 0 Å². The molecule has 0 saturated carbocycles. The fourth-order valence-corrected chi connectivity index (χ4v) is 1.37. The van der Waals surface area contributed by atoms with Gasteiger partial charge >= 0.3 is 5.97 Å². The minimum atomic E-state index is -1.22. The number of anilines is 2. The number of amides is 2. The minimum Gasteiger partial charge on any atom is -0.478 e. The Morgan fingerprint density at radius 3 is 2.00 bits per heavy atom. The van der Waals surface area contributed by atoms with Crippen molar-refractivity contribution < 1.29 is 19.5 Å². The fourth-order valence-electron chi connectivity index (χ4n) is 1.37. The average Bonchev–Trinajstić information content (AvgIpc) is 2.39. The number of hydrogen-bond donors (Lipinski definition) is 3. The maximum Gasteiger partial charge on any atom is 0.337 e. The predicted molar refractivity (Wildman–Crippen MR) is 80.3 cm³/mol. The van der Waals surface area contributed by atoms with Gasteiger partial charge < -0.3 is 15.7 Å². The molecule has 0 bridgehead atoms. The Kier molecular flexibility index (Phi) is 5.01. The van der Waals surface area contributed by atoms with E-state index in [1.165, 1.54) is 32.0 Å². The smallest absolute Gasteiger partial charge is 0.337 e. The summed E-state index contributed by atoms with van der Waals surface area (Å²) in [6.45, 7) is 10.0. The molecule has 0 unspecified atom stereocenters. The lowest BCUT2D eigenvalue weighted by Crippen LogP contribution is -2.16. The number of benzene rings is 1. The van der Waals surface area contributed by atoms with E-state index in [4.69, 9.17) is 0 Å². The molecule has 2 amide bonds. The van der Waals surface area contributed by atoms with Gasteiger partial charge in [0.15, 0.2) is 0 Å². The van der Waals surface area contributed by atoms with Crippen molar-refractivity contribution in [2.75, 3.05) is 10.6 Å². The van der Waals surface area contributed by atoms with Crippen molar-refractivity contribution in [2.45, 2.75) is 13.8 Å². The van der Waals surface area contributed by atoms with Crippen LogP contribution in [0.1, 0.15) is 24.2 Å². The van der Waals surface area contributed by atoms with Crippen LogP contribution in [-0.2, 0) is 9.59 Å². The summed E-state index contributed by atoms with van der Waals surface area (Å²) in [6.07, 6.45) is 0. The largest absolute Gasteiger partial charge is 0.478 e. The molecule has 3 N–H and O–H groups in total. The summed E-state index contributed by atoms with van der Waals surface area (Å²) in [5.74, 6) is -2.11. The van der Waals surface area contributed by atoms with Crippen molar-refractivity contribution >= 4 is 29.2 Å². The summed E-state index contributed by atoms with van der Waals surface area (Å²) in [5.41, 5.74) is 0.846. The van der Waals surface area contributed by atoms with Gasteiger partial charge in [-0.1, -0.05) is 13.2 Å². The summed E-state index contributed by atoms with van der Waals surface area (Å²) in [7, 11) is 0. The lowest BCUT2D eigenvalue weighted by molar-refractivity contribution is -0.113. The highest BCUT2D eigenvalue weighted by Gasteiger charge is 2.14. The zero-order valence-corrected chi connectivity index (χ0v) is 11.8. The maximum atomic E-state index is 11.6. The van der Waals surface area contributed by atoms with E-state index in [0.29, 0.717) is 11.3 Å². The van der Waals surface area contributed by atoms with Crippen molar-refractivity contribution in [1.82, 2.24) is 0 Å². The number of hydrogen-bond acceptors (Lipinski definition) is 3. The number of nitrogens with one attached hydrogen (secondary N) is 2. The Bertz CT molecular complexity index is 647. The second-order valence-electron chi connectivity index (χ2n) is 4.53. The molecule has 0 aromatic heterocycles. The summed E-state index contributed by atoms with van der Waals surface area (Å²) >= 11 is 0. The zero-order valence-electron chi connectivity index (χ0n) is 11.8. The number of aromatic carboxylic acids is 1. The van der Waals surface area contributed by atoms with Crippen LogP contribution in [0.15, 0.2) is 42.5 Å². The summed E-state index contributed by atoms with van der Waals surface area (Å²) < 4.78 is 0. The summed E-state index contributed by atoms with van der Waals surface area (Å²) in [4.78, 5) is 34.3. The monoisotopic (exact) mass is 288 g/mol. The molecule has 1 aromatic rings. The normalized spacial score (nSPS) is 9.62. The molecule has 1 rings (SSSR count). The first-order valence-corrected chi connectivity index (χ1v) is 6.03. The predicted octanol–water partition coefficient (Wildman–Crippen LogP) is 2.41. The molecule has 110 valence electrons. The van der Waals surface area contributed by atoms with Gasteiger partial charge in [-0.2, -0.15) is 0 Å². The molecule has 0 saturated heterocycles. The van der Waals surface area contributed by atoms with Crippen LogP contribution in [0.25, 0.3) is 0 Å². The van der Waals surface area contributed by atoms with E-state index in [2.05, 4.69) is 23.8 Å². The minimum absolute atomic E-state index is 0.129. The molecule has 0 fully saturated rings. The van der Waals surface area contributed by atoms with Gasteiger partial charge in [-0.05, 0) is 32.0 Å². The standard InChI is InChI=1S/C15H16N2O4/c1-8(2)13(18)16-10-5-6-12(11(7-10)15(20)21)17-14(19)9(3)4/h5-7H,1,3H2,2,4H3,(H,16,18)(H,17,19)(H,20,21). The number of carboxylic acids is 1. The third-order valence-corrected chi connectivity index (χ3v) is 2.53. The molecule has 0 radical (unpaired) electrons. The van der Waals surface area contributed by atoms with Crippen LogP contribution in [0, 0.1) is 0 Å². The molecule has 0 aliphatic carbocycles. The van der Waals surface area contributed by atoms with Crippen LogP contribution in [0.4, 0.5) is 11.4 Å². The van der Waals surface area contributed by atoms with Crippen LogP contribution in [0.2, 0.25) is 0 Å². The van der Waals surface area contributed by atoms with Gasteiger partial charge in [-0.25, -0.2) is 4.79 Å². The van der Waals surface area contributed by atoms with Gasteiger partial charge in [0.05, 0.1) is 11.3 Å². The van der Waals surface area contributed by atoms with Crippen molar-refractivity contribution in [3.05, 3.63) is 48.1 Å². The van der Waals surface area contributed by atoms with Crippen molar-refractivity contribution in [2.24, 2.45) is 0 Å². The second kappa shape index (κ2) is 6.51. The summed E-state index contributed by atoms with van der Waals surface area (Å²) in [6, 6.07) is 4.15. The van der Waals surface area contributed by atoms with E-state index in [1.807, 2.05) is 0 Å². The molecule has 0 spiro atoms. The van der Waals surface area contributed by atoms with Crippen molar-refractivity contribution in [3.8, 4) is 0 Å². The topological polar surface area (TPSA) is 95.5 Å². The third-order valence-electron chi connectivity index (χ3n) is 2.53. The summed E-state index contributed by atoms with van der Waals surface area (Å²) in [5, 5.41) is 14.1. The molecular formula is C15H16N2O4. The van der Waals surface area contributed by atoms with Crippen molar-refractivity contribution in [3.63, 3.8) is 0 Å². The molecule has 0 atom stereocenters. The Hall–Kier alpha value is -2.89. The SMILES string of the molecule is C=C(C)C(=O)Nc1ccc(NC(=O)C(=C)C)c(C(=O)O)c1. The quantitative estimate of drug-likeness (QED) is 0.725. The maximum absolute atomic E-state index is 11.6. The highest BCUT2D eigenvalue weighted by molar-refractivity contribution is 6.08. The van der Waals surface area contributed by atoms with E-state index in [1.54, 1.807) is 0 Å². The molecule has 0 aliphatic heterocycles. The van der Waals surface area contributed by atoms with E-state index in [-0.39, 0.29) is 16.8 Å². The van der Waals surface area contributed by atoms with Crippen LogP contribution in [0.5, 0.6) is 0 Å². The van der Waals surface area contributed by atoms with E-state index in [9.17, 15) is 19.5 Å². The van der Waals surface area contributed by atoms with Gasteiger partial charge in [0, 0.05) is 16.8 Å². The zero-order chi connectivity index (χ0) is 16.2. The molecule has 6 heteroatoms. The van der Waals surface area contributed by atoms with Crippen molar-refractivity contribution in [1.29, 1.82) is 0 Å². The first-order chi connectivity index (χ1) is 9.72. The number of carbonyl (C=O) groups is 3. The Balaban J connectivity index is 3.10. The highest BCUT2D eigenvalue weighted by atomic mass is 16.4. The fraction of sp³-hybridized carbons (Fsp3) is 0.133. The third kappa shape index (κ3) is 4.31. The van der Waals surface area contributed by atoms with Crippen LogP contribution in [0.3, 0.4) is 0 Å². The highest BCUT2D eigenvalue weighted by Crippen LogP contribution is 2.21. The lowest BCUT2D eigenvalue weighted by atomic mass is 10.1. The second-order valence-corrected chi connectivity index (χ2v) is 4.53. The molecule has 0 aliphatic rings. The molecule has 21 heavy (non-hydrogen) atoms.